The summed E-state index contributed by atoms with van der Waals surface area (Å²) in [6, 6.07) is 10.7. The molecule has 0 saturated carbocycles. The van der Waals surface area contributed by atoms with Gasteiger partial charge in [0.1, 0.15) is 6.54 Å². The molecule has 0 aliphatic rings. The number of nitrogens with zero attached hydrogens (tertiary/aromatic N) is 1. The molecule has 0 bridgehead atoms. The van der Waals surface area contributed by atoms with Gasteiger partial charge in [0.05, 0.1) is 24.8 Å². The van der Waals surface area contributed by atoms with Crippen molar-refractivity contribution in [2.75, 3.05) is 25.1 Å². The molecular formula is C17H19NO6S. The Hall–Kier alpha value is -2.74. The highest BCUT2D eigenvalue weighted by Gasteiger charge is 2.28. The van der Waals surface area contributed by atoms with Crippen molar-refractivity contribution in [3.63, 3.8) is 0 Å². The van der Waals surface area contributed by atoms with Gasteiger partial charge < -0.3 is 14.6 Å². The lowest BCUT2D eigenvalue weighted by molar-refractivity contribution is -0.135. The molecule has 0 atom stereocenters. The van der Waals surface area contributed by atoms with Gasteiger partial charge in [-0.05, 0) is 36.8 Å². The molecule has 1 N–H and O–H groups in total. The third kappa shape index (κ3) is 4.03. The lowest BCUT2D eigenvalue weighted by Gasteiger charge is -2.23. The van der Waals surface area contributed by atoms with E-state index in [2.05, 4.69) is 0 Å². The van der Waals surface area contributed by atoms with E-state index in [0.29, 0.717) is 5.75 Å². The summed E-state index contributed by atoms with van der Waals surface area (Å²) in [7, 11) is -1.27. The average molecular weight is 365 g/mol. The molecule has 134 valence electrons. The Morgan fingerprint density at radius 2 is 1.76 bits per heavy atom. The van der Waals surface area contributed by atoms with E-state index in [-0.39, 0.29) is 16.3 Å². The first-order valence-electron chi connectivity index (χ1n) is 7.33. The second kappa shape index (κ2) is 7.43. The number of sulfonamides is 1. The van der Waals surface area contributed by atoms with Gasteiger partial charge in [-0.2, -0.15) is 0 Å². The molecule has 0 amide bonds. The van der Waals surface area contributed by atoms with Crippen molar-refractivity contribution < 1.29 is 27.8 Å². The van der Waals surface area contributed by atoms with Crippen LogP contribution in [0, 0.1) is 6.92 Å². The van der Waals surface area contributed by atoms with Crippen LogP contribution in [0.1, 0.15) is 5.56 Å². The second-order valence-electron chi connectivity index (χ2n) is 5.26. The van der Waals surface area contributed by atoms with Crippen LogP contribution >= 0.6 is 0 Å². The molecule has 0 spiro atoms. The first-order chi connectivity index (χ1) is 11.8. The summed E-state index contributed by atoms with van der Waals surface area (Å²) in [4.78, 5) is 11.1. The van der Waals surface area contributed by atoms with Crippen LogP contribution in [-0.4, -0.2) is 40.3 Å². The number of hydrogen-bond donors (Lipinski definition) is 1. The van der Waals surface area contributed by atoms with Gasteiger partial charge in [-0.25, -0.2) is 8.42 Å². The van der Waals surface area contributed by atoms with Crippen LogP contribution in [-0.2, 0) is 14.8 Å². The van der Waals surface area contributed by atoms with Crippen LogP contribution in [0.5, 0.6) is 11.5 Å². The topological polar surface area (TPSA) is 93.1 Å². The Kier molecular flexibility index (Phi) is 5.53. The quantitative estimate of drug-likeness (QED) is 0.809. The minimum Gasteiger partial charge on any atom is -0.493 e. The Morgan fingerprint density at radius 1 is 1.08 bits per heavy atom. The fourth-order valence-electron chi connectivity index (χ4n) is 2.33. The fraction of sp³-hybridized carbons (Fsp3) is 0.235. The highest BCUT2D eigenvalue weighted by atomic mass is 32.2. The van der Waals surface area contributed by atoms with E-state index < -0.39 is 22.5 Å². The van der Waals surface area contributed by atoms with Crippen molar-refractivity contribution in [2.24, 2.45) is 0 Å². The van der Waals surface area contributed by atoms with E-state index in [0.717, 1.165) is 9.87 Å². The summed E-state index contributed by atoms with van der Waals surface area (Å²) in [6.45, 7) is 1.10. The molecule has 2 aromatic carbocycles. The number of hydrogen-bond acceptors (Lipinski definition) is 5. The molecule has 0 heterocycles. The molecule has 0 saturated heterocycles. The molecule has 25 heavy (non-hydrogen) atoms. The van der Waals surface area contributed by atoms with Gasteiger partial charge in [-0.1, -0.05) is 12.1 Å². The minimum atomic E-state index is -4.11. The number of methoxy groups -OCH3 is 2. The van der Waals surface area contributed by atoms with Crippen molar-refractivity contribution in [2.45, 2.75) is 11.8 Å². The highest BCUT2D eigenvalue weighted by Crippen LogP contribution is 2.32. The van der Waals surface area contributed by atoms with E-state index in [1.54, 1.807) is 31.2 Å². The zero-order chi connectivity index (χ0) is 18.6. The summed E-state index contributed by atoms with van der Waals surface area (Å²) >= 11 is 0. The van der Waals surface area contributed by atoms with E-state index >= 15 is 0 Å². The number of aliphatic carboxylic acids is 1. The van der Waals surface area contributed by atoms with Crippen molar-refractivity contribution >= 4 is 21.7 Å². The van der Waals surface area contributed by atoms with Crippen LogP contribution in [0.25, 0.3) is 0 Å². The van der Waals surface area contributed by atoms with Gasteiger partial charge >= 0.3 is 5.97 Å². The van der Waals surface area contributed by atoms with Crippen LogP contribution in [0.2, 0.25) is 0 Å². The minimum absolute atomic E-state index is 0.0899. The zero-order valence-electron chi connectivity index (χ0n) is 14.1. The van der Waals surface area contributed by atoms with Crippen molar-refractivity contribution in [1.82, 2.24) is 0 Å². The summed E-state index contributed by atoms with van der Waals surface area (Å²) in [5, 5.41) is 9.16. The molecule has 0 aliphatic carbocycles. The molecule has 8 heteroatoms. The van der Waals surface area contributed by atoms with Gasteiger partial charge in [0.2, 0.25) is 0 Å². The Balaban J connectivity index is 2.57. The largest absolute Gasteiger partial charge is 0.493 e. The lowest BCUT2D eigenvalue weighted by atomic mass is 10.2. The first kappa shape index (κ1) is 18.6. The Morgan fingerprint density at radius 3 is 2.32 bits per heavy atom. The summed E-state index contributed by atoms with van der Waals surface area (Å²) in [5.41, 5.74) is 1.09. The number of benzene rings is 2. The molecular weight excluding hydrogens is 346 g/mol. The normalized spacial score (nSPS) is 11.0. The van der Waals surface area contributed by atoms with Gasteiger partial charge in [0, 0.05) is 6.07 Å². The number of aryl methyl sites for hydroxylation is 1. The highest BCUT2D eigenvalue weighted by molar-refractivity contribution is 7.92. The van der Waals surface area contributed by atoms with Gasteiger partial charge in [-0.3, -0.25) is 9.10 Å². The maximum atomic E-state index is 13.0. The monoisotopic (exact) mass is 365 g/mol. The number of ether oxygens (including phenoxy) is 2. The molecule has 7 nitrogen and oxygen atoms in total. The maximum Gasteiger partial charge on any atom is 0.324 e. The second-order valence-corrected chi connectivity index (χ2v) is 7.12. The Bertz CT molecular complexity index is 878. The van der Waals surface area contributed by atoms with Crippen LogP contribution in [0.4, 0.5) is 5.69 Å². The summed E-state index contributed by atoms with van der Waals surface area (Å²) in [6.07, 6.45) is 0. The van der Waals surface area contributed by atoms with Crippen LogP contribution in [0.3, 0.4) is 0 Å². The molecule has 0 fully saturated rings. The number of carbonyl (C=O) groups is 1. The summed E-state index contributed by atoms with van der Waals surface area (Å²) in [5.74, 6) is -0.643. The third-order valence-electron chi connectivity index (χ3n) is 3.51. The number of carboxylic acid groups (broad SMARTS) is 1. The number of rotatable bonds is 7. The standard InChI is InChI=1S/C17H19NO6S/c1-12-5-4-6-13(9-12)18(11-17(19)20)25(21,22)14-7-8-15(23-2)16(10-14)24-3/h4-10H,11H2,1-3H3,(H,19,20). The maximum absolute atomic E-state index is 13.0. The fourth-order valence-corrected chi connectivity index (χ4v) is 3.75. The molecule has 0 aromatic heterocycles. The van der Waals surface area contributed by atoms with Crippen molar-refractivity contribution in [1.29, 1.82) is 0 Å². The smallest absolute Gasteiger partial charge is 0.324 e. The van der Waals surface area contributed by atoms with E-state index in [9.17, 15) is 13.2 Å². The molecule has 0 aliphatic heterocycles. The van der Waals surface area contributed by atoms with Gasteiger partial charge in [0.15, 0.2) is 11.5 Å². The molecule has 0 unspecified atom stereocenters. The van der Waals surface area contributed by atoms with Crippen molar-refractivity contribution in [3.05, 3.63) is 48.0 Å². The van der Waals surface area contributed by atoms with Crippen LogP contribution in [0.15, 0.2) is 47.4 Å². The lowest BCUT2D eigenvalue weighted by Crippen LogP contribution is -2.35. The molecule has 2 rings (SSSR count). The van der Waals surface area contributed by atoms with Crippen molar-refractivity contribution in [3.8, 4) is 11.5 Å². The summed E-state index contributed by atoms with van der Waals surface area (Å²) < 4.78 is 37.1. The molecule has 2 aromatic rings. The molecule has 0 radical (unpaired) electrons. The Labute approximate surface area is 146 Å². The predicted octanol–water partition coefficient (Wildman–Crippen LogP) is 2.29. The zero-order valence-corrected chi connectivity index (χ0v) is 14.9. The average Bonchev–Trinajstić information content (AvgIpc) is 2.58. The van der Waals surface area contributed by atoms with Gasteiger partial charge in [0.25, 0.3) is 10.0 Å². The van der Waals surface area contributed by atoms with E-state index in [4.69, 9.17) is 14.6 Å². The van der Waals surface area contributed by atoms with E-state index in [1.165, 1.54) is 32.4 Å². The van der Waals surface area contributed by atoms with Gasteiger partial charge in [-0.15, -0.1) is 0 Å². The number of anilines is 1. The van der Waals surface area contributed by atoms with E-state index in [1.807, 2.05) is 0 Å². The third-order valence-corrected chi connectivity index (χ3v) is 5.28. The first-order valence-corrected chi connectivity index (χ1v) is 8.77. The predicted molar refractivity (Wildman–Crippen MR) is 92.9 cm³/mol. The SMILES string of the molecule is COc1ccc(S(=O)(=O)N(CC(=O)O)c2cccc(C)c2)cc1OC. The van der Waals surface area contributed by atoms with Crippen LogP contribution < -0.4 is 13.8 Å². The number of carboxylic acids is 1.